The molecule has 0 spiro atoms. The molecule has 1 aliphatic rings. The molecule has 1 unspecified atom stereocenters. The van der Waals surface area contributed by atoms with E-state index in [0.717, 1.165) is 24.2 Å². The van der Waals surface area contributed by atoms with Crippen LogP contribution in [0, 0.1) is 0 Å². The van der Waals surface area contributed by atoms with E-state index >= 15 is 0 Å². The Kier molecular flexibility index (Phi) is 5.94. The molecule has 1 heterocycles. The van der Waals surface area contributed by atoms with Crippen LogP contribution in [0.25, 0.3) is 0 Å². The van der Waals surface area contributed by atoms with Gasteiger partial charge in [0.15, 0.2) is 0 Å². The minimum atomic E-state index is -0.383. The third-order valence-corrected chi connectivity index (χ3v) is 5.49. The van der Waals surface area contributed by atoms with E-state index in [2.05, 4.69) is 45.1 Å². The van der Waals surface area contributed by atoms with Crippen LogP contribution in [0.15, 0.2) is 54.6 Å². The van der Waals surface area contributed by atoms with Gasteiger partial charge >= 0.3 is 7.12 Å². The summed E-state index contributed by atoms with van der Waals surface area (Å²) in [5, 5.41) is 3.21. The minimum absolute atomic E-state index is 0.00723. The van der Waals surface area contributed by atoms with Crippen LogP contribution in [-0.2, 0) is 9.31 Å². The molecule has 1 aliphatic heterocycles. The molecule has 1 N–H and O–H groups in total. The highest BCUT2D eigenvalue weighted by Crippen LogP contribution is 2.36. The number of hydrogen-bond donors (Lipinski definition) is 1. The van der Waals surface area contributed by atoms with Crippen LogP contribution in [0.5, 0.6) is 5.75 Å². The second kappa shape index (κ2) is 8.05. The van der Waals surface area contributed by atoms with Crippen LogP contribution in [0.4, 0.5) is 0 Å². The molecule has 0 aromatic heterocycles. The Morgan fingerprint density at radius 2 is 1.63 bits per heavy atom. The number of hydrogen-bond acceptors (Lipinski definition) is 4. The number of benzene rings is 2. The zero-order valence-corrected chi connectivity index (χ0v) is 17.0. The normalized spacial score (nSPS) is 19.1. The maximum atomic E-state index is 6.36. The Labute approximate surface area is 163 Å². The van der Waals surface area contributed by atoms with Gasteiger partial charge in [0, 0.05) is 6.42 Å². The molecule has 2 aromatic rings. The summed E-state index contributed by atoms with van der Waals surface area (Å²) in [6, 6.07) is 18.4. The first kappa shape index (κ1) is 19.9. The Morgan fingerprint density at radius 1 is 0.963 bits per heavy atom. The second-order valence-corrected chi connectivity index (χ2v) is 8.07. The summed E-state index contributed by atoms with van der Waals surface area (Å²) in [6.07, 6.45) is 0.883. The summed E-state index contributed by atoms with van der Waals surface area (Å²) in [5.74, 6) is 0.826. The Hall–Kier alpha value is -1.82. The smallest absolute Gasteiger partial charge is 0.486 e. The van der Waals surface area contributed by atoms with Crippen molar-refractivity contribution in [3.63, 3.8) is 0 Å². The van der Waals surface area contributed by atoms with Crippen molar-refractivity contribution in [1.29, 1.82) is 0 Å². The molecule has 5 heteroatoms. The van der Waals surface area contributed by atoms with E-state index in [1.165, 1.54) is 5.56 Å². The SMILES string of the molecule is CNCCC(Oc1cccc(B2OC(C)(C)C(C)(C)O2)c1)c1ccccc1. The van der Waals surface area contributed by atoms with Gasteiger partial charge in [-0.2, -0.15) is 0 Å². The molecule has 1 fully saturated rings. The van der Waals surface area contributed by atoms with Crippen LogP contribution in [0.1, 0.15) is 45.8 Å². The lowest BCUT2D eigenvalue weighted by atomic mass is 9.79. The van der Waals surface area contributed by atoms with Crippen molar-refractivity contribution in [2.45, 2.75) is 51.4 Å². The summed E-state index contributed by atoms with van der Waals surface area (Å²) in [7, 11) is 1.58. The summed E-state index contributed by atoms with van der Waals surface area (Å²) in [4.78, 5) is 0. The molecule has 0 radical (unpaired) electrons. The Balaban J connectivity index is 1.78. The van der Waals surface area contributed by atoms with Crippen LogP contribution in [0.2, 0.25) is 0 Å². The van der Waals surface area contributed by atoms with Gasteiger partial charge in [-0.3, -0.25) is 0 Å². The molecule has 1 atom stereocenters. The molecule has 144 valence electrons. The predicted molar refractivity (Wildman–Crippen MR) is 111 cm³/mol. The molecule has 2 aromatic carbocycles. The van der Waals surface area contributed by atoms with Crippen molar-refractivity contribution in [2.75, 3.05) is 13.6 Å². The van der Waals surface area contributed by atoms with E-state index in [9.17, 15) is 0 Å². The maximum absolute atomic E-state index is 6.36. The van der Waals surface area contributed by atoms with Crippen LogP contribution < -0.4 is 15.5 Å². The van der Waals surface area contributed by atoms with E-state index in [1.807, 2.05) is 49.5 Å². The van der Waals surface area contributed by atoms with Gasteiger partial charge in [0.05, 0.1) is 11.2 Å². The topological polar surface area (TPSA) is 39.7 Å². The summed E-state index contributed by atoms with van der Waals surface area (Å²) in [6.45, 7) is 9.15. The van der Waals surface area contributed by atoms with Crippen molar-refractivity contribution in [2.24, 2.45) is 0 Å². The lowest BCUT2D eigenvalue weighted by molar-refractivity contribution is 0.00578. The van der Waals surface area contributed by atoms with Crippen LogP contribution >= 0.6 is 0 Å². The zero-order chi connectivity index (χ0) is 19.5. The Morgan fingerprint density at radius 3 is 2.26 bits per heavy atom. The summed E-state index contributed by atoms with van der Waals surface area (Å²) < 4.78 is 18.7. The summed E-state index contributed by atoms with van der Waals surface area (Å²) >= 11 is 0. The van der Waals surface area contributed by atoms with Gasteiger partial charge < -0.3 is 19.4 Å². The van der Waals surface area contributed by atoms with Gasteiger partial charge in [-0.25, -0.2) is 0 Å². The predicted octanol–water partition coefficient (Wildman–Crippen LogP) is 3.72. The second-order valence-electron chi connectivity index (χ2n) is 8.07. The van der Waals surface area contributed by atoms with Crippen molar-refractivity contribution in [3.05, 3.63) is 60.2 Å². The van der Waals surface area contributed by atoms with E-state index in [0.29, 0.717) is 0 Å². The fraction of sp³-hybridized carbons (Fsp3) is 0.455. The third-order valence-electron chi connectivity index (χ3n) is 5.49. The first-order valence-electron chi connectivity index (χ1n) is 9.64. The van der Waals surface area contributed by atoms with Gasteiger partial charge in [-0.1, -0.05) is 42.5 Å². The quantitative estimate of drug-likeness (QED) is 0.758. The molecular formula is C22H30BNO3. The van der Waals surface area contributed by atoms with Crippen molar-refractivity contribution in [1.82, 2.24) is 5.32 Å². The van der Waals surface area contributed by atoms with Gasteiger partial charge in [0.2, 0.25) is 0 Å². The van der Waals surface area contributed by atoms with Gasteiger partial charge in [0.25, 0.3) is 0 Å². The fourth-order valence-electron chi connectivity index (χ4n) is 3.11. The molecule has 1 saturated heterocycles. The molecule has 0 aliphatic carbocycles. The average Bonchev–Trinajstić information content (AvgIpc) is 2.87. The molecule has 27 heavy (non-hydrogen) atoms. The number of nitrogens with one attached hydrogen (secondary N) is 1. The largest absolute Gasteiger partial charge is 0.494 e. The minimum Gasteiger partial charge on any atom is -0.486 e. The fourth-order valence-corrected chi connectivity index (χ4v) is 3.11. The molecule has 0 amide bonds. The first-order valence-corrected chi connectivity index (χ1v) is 9.64. The van der Waals surface area contributed by atoms with E-state index < -0.39 is 0 Å². The molecular weight excluding hydrogens is 337 g/mol. The van der Waals surface area contributed by atoms with Crippen LogP contribution in [0.3, 0.4) is 0 Å². The first-order chi connectivity index (χ1) is 12.8. The molecule has 0 bridgehead atoms. The molecule has 4 nitrogen and oxygen atoms in total. The zero-order valence-electron chi connectivity index (χ0n) is 17.0. The number of rotatable bonds is 7. The lowest BCUT2D eigenvalue weighted by Crippen LogP contribution is -2.41. The van der Waals surface area contributed by atoms with E-state index in [-0.39, 0.29) is 24.4 Å². The third kappa shape index (κ3) is 4.54. The highest BCUT2D eigenvalue weighted by atomic mass is 16.7. The Bertz CT molecular complexity index is 732. The van der Waals surface area contributed by atoms with Gasteiger partial charge in [0.1, 0.15) is 11.9 Å². The maximum Gasteiger partial charge on any atom is 0.494 e. The highest BCUT2D eigenvalue weighted by Gasteiger charge is 2.51. The van der Waals surface area contributed by atoms with Crippen molar-refractivity contribution < 1.29 is 14.0 Å². The average molecular weight is 367 g/mol. The van der Waals surface area contributed by atoms with Gasteiger partial charge in [-0.05, 0) is 64.4 Å². The molecule has 0 saturated carbocycles. The van der Waals surface area contributed by atoms with E-state index in [1.54, 1.807) is 0 Å². The monoisotopic (exact) mass is 367 g/mol. The van der Waals surface area contributed by atoms with Crippen LogP contribution in [-0.4, -0.2) is 31.9 Å². The molecule has 3 rings (SSSR count). The van der Waals surface area contributed by atoms with Crippen molar-refractivity contribution in [3.8, 4) is 5.75 Å². The van der Waals surface area contributed by atoms with Crippen molar-refractivity contribution >= 4 is 12.6 Å². The number of ether oxygens (including phenoxy) is 1. The van der Waals surface area contributed by atoms with Gasteiger partial charge in [-0.15, -0.1) is 0 Å². The summed E-state index contributed by atoms with van der Waals surface area (Å²) in [5.41, 5.74) is 1.45. The lowest BCUT2D eigenvalue weighted by Gasteiger charge is -2.32. The van der Waals surface area contributed by atoms with E-state index in [4.69, 9.17) is 14.0 Å². The standard InChI is InChI=1S/C22H30BNO3/c1-21(2)22(3,4)27-23(26-21)18-12-9-13-19(16-18)25-20(14-15-24-5)17-10-7-6-8-11-17/h6-13,16,20,24H,14-15H2,1-5H3. The highest BCUT2D eigenvalue weighted by molar-refractivity contribution is 6.62.